The van der Waals surface area contributed by atoms with E-state index >= 15 is 0 Å². The van der Waals surface area contributed by atoms with E-state index in [2.05, 4.69) is 5.32 Å². The lowest BCUT2D eigenvalue weighted by Crippen LogP contribution is -2.24. The molecular weight excluding hydrogens is 214 g/mol. The van der Waals surface area contributed by atoms with Crippen molar-refractivity contribution in [2.75, 3.05) is 12.4 Å². The molecule has 1 N–H and O–H groups in total. The Morgan fingerprint density at radius 3 is 2.87 bits per heavy atom. The average Bonchev–Trinajstić information content (AvgIpc) is 2.64. The van der Waals surface area contributed by atoms with Crippen molar-refractivity contribution in [2.45, 2.75) is 26.2 Å². The van der Waals surface area contributed by atoms with E-state index in [9.17, 15) is 4.79 Å². The smallest absolute Gasteiger partial charge is 0.287 e. The van der Waals surface area contributed by atoms with Crippen molar-refractivity contribution in [3.63, 3.8) is 0 Å². The molecule has 15 heavy (non-hydrogen) atoms. The summed E-state index contributed by atoms with van der Waals surface area (Å²) < 4.78 is 5.07. The second-order valence-electron chi connectivity index (χ2n) is 3.44. The molecule has 0 saturated carbocycles. The van der Waals surface area contributed by atoms with Crippen LogP contribution in [-0.2, 0) is 0 Å². The van der Waals surface area contributed by atoms with Gasteiger partial charge in [0.1, 0.15) is 0 Å². The Kier molecular flexibility index (Phi) is 5.26. The van der Waals surface area contributed by atoms with Crippen LogP contribution in [0.2, 0.25) is 0 Å². The van der Waals surface area contributed by atoms with Crippen LogP contribution in [0.5, 0.6) is 0 Å². The van der Waals surface area contributed by atoms with E-state index in [0.29, 0.717) is 18.2 Å². The highest BCUT2D eigenvalue weighted by Gasteiger charge is 2.10. The van der Waals surface area contributed by atoms with Gasteiger partial charge in [0.2, 0.25) is 0 Å². The molecule has 1 heterocycles. The molecule has 0 aromatic carbocycles. The van der Waals surface area contributed by atoms with E-state index in [1.54, 1.807) is 6.07 Å². The van der Waals surface area contributed by atoms with Gasteiger partial charge < -0.3 is 9.73 Å². The predicted molar refractivity (Wildman–Crippen MR) is 60.3 cm³/mol. The van der Waals surface area contributed by atoms with E-state index in [0.717, 1.165) is 24.8 Å². The van der Waals surface area contributed by atoms with Crippen molar-refractivity contribution >= 4 is 17.5 Å². The molecule has 0 radical (unpaired) electrons. The molecular formula is C11H16ClNO2. The number of amides is 1. The minimum absolute atomic E-state index is 0.136. The van der Waals surface area contributed by atoms with Gasteiger partial charge in [-0.15, -0.1) is 11.6 Å². The Balaban J connectivity index is 2.22. The second kappa shape index (κ2) is 6.51. The third-order valence-electron chi connectivity index (χ3n) is 2.16. The number of hydrogen-bond acceptors (Lipinski definition) is 2. The van der Waals surface area contributed by atoms with Gasteiger partial charge in [0, 0.05) is 18.0 Å². The minimum atomic E-state index is -0.136. The van der Waals surface area contributed by atoms with Gasteiger partial charge >= 0.3 is 0 Å². The summed E-state index contributed by atoms with van der Waals surface area (Å²) >= 11 is 5.54. The fraction of sp³-hybridized carbons (Fsp3) is 0.545. The number of alkyl halides is 1. The molecule has 0 atom stereocenters. The Labute approximate surface area is 94.8 Å². The number of furan rings is 1. The molecule has 1 rings (SSSR count). The van der Waals surface area contributed by atoms with Crippen molar-refractivity contribution in [3.05, 3.63) is 23.7 Å². The molecule has 0 aliphatic heterocycles. The molecule has 0 bridgehead atoms. The van der Waals surface area contributed by atoms with E-state index in [1.807, 2.05) is 6.92 Å². The van der Waals surface area contributed by atoms with E-state index in [4.69, 9.17) is 16.0 Å². The van der Waals surface area contributed by atoms with Crippen LogP contribution >= 0.6 is 11.6 Å². The summed E-state index contributed by atoms with van der Waals surface area (Å²) in [5, 5.41) is 2.81. The zero-order valence-corrected chi connectivity index (χ0v) is 9.64. The predicted octanol–water partition coefficient (Wildman–Crippen LogP) is 2.73. The minimum Gasteiger partial charge on any atom is -0.459 e. The number of hydrogen-bond donors (Lipinski definition) is 1. The topological polar surface area (TPSA) is 42.2 Å². The lowest BCUT2D eigenvalue weighted by Gasteiger charge is -2.02. The summed E-state index contributed by atoms with van der Waals surface area (Å²) in [5.74, 6) is 0.960. The van der Waals surface area contributed by atoms with Crippen LogP contribution in [-0.4, -0.2) is 18.3 Å². The van der Waals surface area contributed by atoms with E-state index in [1.165, 1.54) is 6.26 Å². The highest BCUT2D eigenvalue weighted by molar-refractivity contribution is 6.17. The molecule has 0 saturated heterocycles. The van der Waals surface area contributed by atoms with Crippen molar-refractivity contribution < 1.29 is 9.21 Å². The molecule has 0 fully saturated rings. The first-order chi connectivity index (χ1) is 7.25. The second-order valence-corrected chi connectivity index (χ2v) is 3.82. The Bertz CT molecular complexity index is 309. The molecule has 1 aromatic rings. The molecule has 1 aromatic heterocycles. The molecule has 0 aliphatic carbocycles. The zero-order valence-electron chi connectivity index (χ0n) is 8.88. The fourth-order valence-corrected chi connectivity index (χ4v) is 1.47. The summed E-state index contributed by atoms with van der Waals surface area (Å²) in [5.41, 5.74) is 0.869. The monoisotopic (exact) mass is 229 g/mol. The number of carbonyl (C=O) groups is 1. The number of halogens is 1. The van der Waals surface area contributed by atoms with Crippen LogP contribution in [0.3, 0.4) is 0 Å². The Hall–Kier alpha value is -0.960. The SMILES string of the molecule is Cc1ccoc1C(=O)NCCCCCCl. The third-order valence-corrected chi connectivity index (χ3v) is 2.43. The highest BCUT2D eigenvalue weighted by atomic mass is 35.5. The van der Waals surface area contributed by atoms with Crippen LogP contribution in [0.4, 0.5) is 0 Å². The summed E-state index contributed by atoms with van der Waals surface area (Å²) in [6, 6.07) is 1.78. The lowest BCUT2D eigenvalue weighted by atomic mass is 10.2. The van der Waals surface area contributed by atoms with Crippen molar-refractivity contribution in [1.29, 1.82) is 0 Å². The summed E-state index contributed by atoms with van der Waals surface area (Å²) in [6.07, 6.45) is 4.52. The van der Waals surface area contributed by atoms with Gasteiger partial charge in [-0.1, -0.05) is 6.42 Å². The molecule has 0 unspecified atom stereocenters. The summed E-state index contributed by atoms with van der Waals surface area (Å²) in [7, 11) is 0. The number of unbranched alkanes of at least 4 members (excludes halogenated alkanes) is 2. The van der Waals surface area contributed by atoms with E-state index < -0.39 is 0 Å². The van der Waals surface area contributed by atoms with Gasteiger partial charge in [0.05, 0.1) is 6.26 Å². The first-order valence-electron chi connectivity index (χ1n) is 5.14. The third kappa shape index (κ3) is 3.96. The standard InChI is InChI=1S/C11H16ClNO2/c1-9-5-8-15-10(9)11(14)13-7-4-2-3-6-12/h5,8H,2-4,6-7H2,1H3,(H,13,14). The zero-order chi connectivity index (χ0) is 11.1. The van der Waals surface area contributed by atoms with Crippen molar-refractivity contribution in [3.8, 4) is 0 Å². The maximum absolute atomic E-state index is 11.5. The van der Waals surface area contributed by atoms with Gasteiger partial charge in [-0.3, -0.25) is 4.79 Å². The first-order valence-corrected chi connectivity index (χ1v) is 5.67. The van der Waals surface area contributed by atoms with Gasteiger partial charge in [-0.25, -0.2) is 0 Å². The van der Waals surface area contributed by atoms with Gasteiger partial charge in [0.25, 0.3) is 5.91 Å². The van der Waals surface area contributed by atoms with Crippen molar-refractivity contribution in [2.24, 2.45) is 0 Å². The normalized spacial score (nSPS) is 10.3. The van der Waals surface area contributed by atoms with Crippen LogP contribution < -0.4 is 5.32 Å². The highest BCUT2D eigenvalue weighted by Crippen LogP contribution is 2.08. The molecule has 0 aliphatic rings. The van der Waals surface area contributed by atoms with Crippen molar-refractivity contribution in [1.82, 2.24) is 5.32 Å². The molecule has 84 valence electrons. The van der Waals surface area contributed by atoms with Gasteiger partial charge in [-0.05, 0) is 25.8 Å². The van der Waals surface area contributed by atoms with E-state index in [-0.39, 0.29) is 5.91 Å². The maximum Gasteiger partial charge on any atom is 0.287 e. The number of rotatable bonds is 6. The average molecular weight is 230 g/mol. The molecule has 1 amide bonds. The van der Waals surface area contributed by atoms with Crippen LogP contribution in [0, 0.1) is 6.92 Å². The largest absolute Gasteiger partial charge is 0.459 e. The number of nitrogens with one attached hydrogen (secondary N) is 1. The lowest BCUT2D eigenvalue weighted by molar-refractivity contribution is 0.0924. The first kappa shape index (κ1) is 12.1. The fourth-order valence-electron chi connectivity index (χ4n) is 1.28. The Morgan fingerprint density at radius 1 is 1.47 bits per heavy atom. The number of aryl methyl sites for hydroxylation is 1. The Morgan fingerprint density at radius 2 is 2.27 bits per heavy atom. The molecule has 3 nitrogen and oxygen atoms in total. The van der Waals surface area contributed by atoms with Gasteiger partial charge in [-0.2, -0.15) is 0 Å². The molecule has 0 spiro atoms. The van der Waals surface area contributed by atoms with Crippen LogP contribution in [0.25, 0.3) is 0 Å². The van der Waals surface area contributed by atoms with Crippen LogP contribution in [0.15, 0.2) is 16.7 Å². The van der Waals surface area contributed by atoms with Crippen LogP contribution in [0.1, 0.15) is 35.4 Å². The molecule has 4 heteroatoms. The maximum atomic E-state index is 11.5. The number of carbonyl (C=O) groups excluding carboxylic acids is 1. The summed E-state index contributed by atoms with van der Waals surface area (Å²) in [4.78, 5) is 11.5. The van der Waals surface area contributed by atoms with Gasteiger partial charge in [0.15, 0.2) is 5.76 Å². The quantitative estimate of drug-likeness (QED) is 0.602. The summed E-state index contributed by atoms with van der Waals surface area (Å²) in [6.45, 7) is 2.53.